The summed E-state index contributed by atoms with van der Waals surface area (Å²) in [7, 11) is 0. The van der Waals surface area contributed by atoms with Crippen molar-refractivity contribution in [3.63, 3.8) is 0 Å². The van der Waals surface area contributed by atoms with Crippen LogP contribution >= 0.6 is 12.4 Å². The van der Waals surface area contributed by atoms with Gasteiger partial charge in [-0.25, -0.2) is 4.98 Å². The monoisotopic (exact) mass is 342 g/mol. The van der Waals surface area contributed by atoms with E-state index >= 15 is 0 Å². The fourth-order valence-corrected chi connectivity index (χ4v) is 3.08. The van der Waals surface area contributed by atoms with E-state index in [-0.39, 0.29) is 12.4 Å². The lowest BCUT2D eigenvalue weighted by molar-refractivity contribution is 0.522. The molecule has 0 aromatic carbocycles. The Balaban J connectivity index is 0.00000484. The summed E-state index contributed by atoms with van der Waals surface area (Å²) < 4.78 is 2.18. The molecule has 3 heteroatoms. The number of unbranched alkanes of at least 4 members (excludes halogenated alkanes) is 14. The molecule has 0 N–H and O–H groups in total. The van der Waals surface area contributed by atoms with Crippen LogP contribution in [0.25, 0.3) is 0 Å². The molecule has 1 rings (SSSR count). The number of nitrogens with zero attached hydrogens (tertiary/aromatic N) is 2. The molecule has 0 radical (unpaired) electrons. The van der Waals surface area contributed by atoms with Crippen molar-refractivity contribution in [3.05, 3.63) is 18.7 Å². The number of rotatable bonds is 16. The van der Waals surface area contributed by atoms with Crippen LogP contribution in [0, 0.1) is 0 Å². The number of hydrogen-bond donors (Lipinski definition) is 0. The first-order valence-corrected chi connectivity index (χ1v) is 9.89. The standard InChI is InChI=1S/C20H38N2.ClH/c1-2-3-4-5-6-7-8-9-10-11-12-13-14-15-16-18-22-19-17-21-20-22;/h17,19-20H,2-16,18H2,1H3;1H. The molecule has 0 amide bonds. The highest BCUT2D eigenvalue weighted by Crippen LogP contribution is 2.13. The Morgan fingerprint density at radius 2 is 1.09 bits per heavy atom. The minimum Gasteiger partial charge on any atom is -0.337 e. The van der Waals surface area contributed by atoms with E-state index in [1.54, 1.807) is 0 Å². The Bertz CT molecular complexity index is 311. The van der Waals surface area contributed by atoms with E-state index in [2.05, 4.69) is 22.7 Å². The van der Waals surface area contributed by atoms with Gasteiger partial charge in [0.05, 0.1) is 6.33 Å². The van der Waals surface area contributed by atoms with Gasteiger partial charge in [0.1, 0.15) is 0 Å². The molecule has 2 nitrogen and oxygen atoms in total. The van der Waals surface area contributed by atoms with Crippen LogP contribution in [0.2, 0.25) is 0 Å². The van der Waals surface area contributed by atoms with Gasteiger partial charge in [0.25, 0.3) is 0 Å². The van der Waals surface area contributed by atoms with Crippen LogP contribution in [0.3, 0.4) is 0 Å². The summed E-state index contributed by atoms with van der Waals surface area (Å²) in [5, 5.41) is 0. The molecule has 1 aromatic rings. The summed E-state index contributed by atoms with van der Waals surface area (Å²) in [4.78, 5) is 4.07. The van der Waals surface area contributed by atoms with Crippen molar-refractivity contribution in [2.24, 2.45) is 0 Å². The zero-order valence-corrected chi connectivity index (χ0v) is 16.2. The number of aryl methyl sites for hydroxylation is 1. The van der Waals surface area contributed by atoms with Crippen molar-refractivity contribution in [1.82, 2.24) is 9.55 Å². The number of hydrogen-bond acceptors (Lipinski definition) is 1. The average molecular weight is 343 g/mol. The summed E-state index contributed by atoms with van der Waals surface area (Å²) in [6.07, 6.45) is 27.3. The first-order chi connectivity index (χ1) is 10.9. The number of halogens is 1. The molecule has 0 bridgehead atoms. The zero-order valence-electron chi connectivity index (χ0n) is 15.3. The topological polar surface area (TPSA) is 17.8 Å². The third kappa shape index (κ3) is 14.8. The molecular formula is C20H39ClN2. The normalized spacial score (nSPS) is 10.7. The summed E-state index contributed by atoms with van der Waals surface area (Å²) in [5.41, 5.74) is 0. The van der Waals surface area contributed by atoms with Crippen LogP contribution in [0.5, 0.6) is 0 Å². The average Bonchev–Trinajstić information content (AvgIpc) is 3.04. The highest BCUT2D eigenvalue weighted by molar-refractivity contribution is 5.85. The Morgan fingerprint density at radius 3 is 1.48 bits per heavy atom. The van der Waals surface area contributed by atoms with Gasteiger partial charge in [0.15, 0.2) is 0 Å². The maximum Gasteiger partial charge on any atom is 0.0945 e. The predicted molar refractivity (Wildman–Crippen MR) is 104 cm³/mol. The van der Waals surface area contributed by atoms with Gasteiger partial charge < -0.3 is 4.57 Å². The van der Waals surface area contributed by atoms with Crippen LogP contribution in [-0.4, -0.2) is 9.55 Å². The minimum atomic E-state index is 0. The molecule has 0 unspecified atom stereocenters. The van der Waals surface area contributed by atoms with Crippen molar-refractivity contribution in [2.45, 2.75) is 110 Å². The summed E-state index contributed by atoms with van der Waals surface area (Å²) in [5.74, 6) is 0. The lowest BCUT2D eigenvalue weighted by atomic mass is 10.0. The first kappa shape index (κ1) is 22.5. The molecule has 0 aliphatic rings. The van der Waals surface area contributed by atoms with Gasteiger partial charge >= 0.3 is 0 Å². The maximum absolute atomic E-state index is 4.07. The van der Waals surface area contributed by atoms with Crippen molar-refractivity contribution in [1.29, 1.82) is 0 Å². The Kier molecular flexibility index (Phi) is 17.5. The molecule has 1 heterocycles. The summed E-state index contributed by atoms with van der Waals surface area (Å²) >= 11 is 0. The predicted octanol–water partition coefficient (Wildman–Crippen LogP) is 7.18. The van der Waals surface area contributed by atoms with Gasteiger partial charge in [-0.3, -0.25) is 0 Å². The van der Waals surface area contributed by atoms with Crippen molar-refractivity contribution in [2.75, 3.05) is 0 Å². The highest BCUT2D eigenvalue weighted by atomic mass is 35.5. The third-order valence-electron chi connectivity index (χ3n) is 4.58. The minimum absolute atomic E-state index is 0. The molecule has 0 fully saturated rings. The van der Waals surface area contributed by atoms with Gasteiger partial charge in [0, 0.05) is 18.9 Å². The SMILES string of the molecule is CCCCCCCCCCCCCCCCCn1ccnc1.Cl. The molecule has 0 saturated heterocycles. The molecule has 1 aromatic heterocycles. The molecule has 0 aliphatic heterocycles. The Labute approximate surface area is 150 Å². The van der Waals surface area contributed by atoms with Crippen LogP contribution in [-0.2, 0) is 6.54 Å². The fraction of sp³-hybridized carbons (Fsp3) is 0.850. The van der Waals surface area contributed by atoms with E-state index in [1.165, 1.54) is 96.3 Å². The second-order valence-corrected chi connectivity index (χ2v) is 6.75. The van der Waals surface area contributed by atoms with E-state index in [4.69, 9.17) is 0 Å². The largest absolute Gasteiger partial charge is 0.337 e. The van der Waals surface area contributed by atoms with Gasteiger partial charge in [0.2, 0.25) is 0 Å². The Hall–Kier alpha value is -0.500. The molecule has 0 atom stereocenters. The Morgan fingerprint density at radius 1 is 0.652 bits per heavy atom. The van der Waals surface area contributed by atoms with Gasteiger partial charge in [-0.05, 0) is 6.42 Å². The smallest absolute Gasteiger partial charge is 0.0945 e. The zero-order chi connectivity index (χ0) is 15.7. The van der Waals surface area contributed by atoms with Crippen LogP contribution in [0.1, 0.15) is 103 Å². The molecule has 0 saturated carbocycles. The molecule has 0 spiro atoms. The maximum atomic E-state index is 4.07. The third-order valence-corrected chi connectivity index (χ3v) is 4.58. The van der Waals surface area contributed by atoms with Crippen LogP contribution < -0.4 is 0 Å². The molecule has 136 valence electrons. The van der Waals surface area contributed by atoms with Crippen LogP contribution in [0.4, 0.5) is 0 Å². The van der Waals surface area contributed by atoms with Crippen molar-refractivity contribution < 1.29 is 0 Å². The van der Waals surface area contributed by atoms with Crippen molar-refractivity contribution in [3.8, 4) is 0 Å². The molecule has 0 aliphatic carbocycles. The van der Waals surface area contributed by atoms with Gasteiger partial charge in [-0.15, -0.1) is 12.4 Å². The number of imidazole rings is 1. The quantitative estimate of drug-likeness (QED) is 0.291. The lowest BCUT2D eigenvalue weighted by Crippen LogP contribution is -1.93. The van der Waals surface area contributed by atoms with E-state index < -0.39 is 0 Å². The summed E-state index contributed by atoms with van der Waals surface area (Å²) in [6.45, 7) is 3.43. The lowest BCUT2D eigenvalue weighted by Gasteiger charge is -2.04. The number of aromatic nitrogens is 2. The highest BCUT2D eigenvalue weighted by Gasteiger charge is 1.95. The van der Waals surface area contributed by atoms with Gasteiger partial charge in [-0.1, -0.05) is 96.8 Å². The first-order valence-electron chi connectivity index (χ1n) is 9.89. The second-order valence-electron chi connectivity index (χ2n) is 6.75. The van der Waals surface area contributed by atoms with Gasteiger partial charge in [-0.2, -0.15) is 0 Å². The van der Waals surface area contributed by atoms with E-state index in [1.807, 2.05) is 12.5 Å². The van der Waals surface area contributed by atoms with E-state index in [9.17, 15) is 0 Å². The molecular weight excluding hydrogens is 304 g/mol. The van der Waals surface area contributed by atoms with E-state index in [0.717, 1.165) is 6.54 Å². The fourth-order valence-electron chi connectivity index (χ4n) is 3.08. The second kappa shape index (κ2) is 17.8. The molecule has 23 heavy (non-hydrogen) atoms. The van der Waals surface area contributed by atoms with E-state index in [0.29, 0.717) is 0 Å². The summed E-state index contributed by atoms with van der Waals surface area (Å²) in [6, 6.07) is 0. The van der Waals surface area contributed by atoms with Crippen LogP contribution in [0.15, 0.2) is 18.7 Å². The van der Waals surface area contributed by atoms with Crippen molar-refractivity contribution >= 4 is 12.4 Å².